The smallest absolute Gasteiger partial charge is 0.0771 e. The summed E-state index contributed by atoms with van der Waals surface area (Å²) in [6.45, 7) is 13.3. The van der Waals surface area contributed by atoms with Crippen molar-refractivity contribution in [1.82, 2.24) is 0 Å². The predicted molar refractivity (Wildman–Crippen MR) is 68.5 cm³/mol. The van der Waals surface area contributed by atoms with E-state index < -0.39 is 0 Å². The lowest BCUT2D eigenvalue weighted by atomic mass is 9.85. The van der Waals surface area contributed by atoms with Crippen LogP contribution in [0.2, 0.25) is 0 Å². The second-order valence-electron chi connectivity index (χ2n) is 6.23. The maximum atomic E-state index is 5.95. The number of ether oxygens (including phenoxy) is 2. The highest BCUT2D eigenvalue weighted by molar-refractivity contribution is 4.81. The summed E-state index contributed by atoms with van der Waals surface area (Å²) in [5.41, 5.74) is 5.90. The Balaban J connectivity index is 4.16. The lowest BCUT2D eigenvalue weighted by molar-refractivity contribution is -0.0625. The summed E-state index contributed by atoms with van der Waals surface area (Å²) in [5, 5.41) is 0. The van der Waals surface area contributed by atoms with E-state index in [1.807, 2.05) is 6.92 Å². The number of hydrogen-bond donors (Lipinski definition) is 1. The fourth-order valence-corrected chi connectivity index (χ4v) is 1.72. The molecule has 0 aromatic carbocycles. The fraction of sp³-hybridized carbons (Fsp3) is 1.00. The first-order valence-corrected chi connectivity index (χ1v) is 6.02. The standard InChI is InChI=1S/C13H29NO2/c1-10(14)11(12(2,3)4)16-9-8-13(5,6)15-7/h10-11H,8-9,14H2,1-7H3. The minimum absolute atomic E-state index is 0.0469. The fourth-order valence-electron chi connectivity index (χ4n) is 1.72. The molecule has 0 saturated heterocycles. The van der Waals surface area contributed by atoms with Crippen molar-refractivity contribution in [3.8, 4) is 0 Å². The van der Waals surface area contributed by atoms with Crippen LogP contribution in [0.5, 0.6) is 0 Å². The number of rotatable bonds is 6. The van der Waals surface area contributed by atoms with Gasteiger partial charge in [-0.1, -0.05) is 20.8 Å². The summed E-state index contributed by atoms with van der Waals surface area (Å²) in [4.78, 5) is 0. The molecular weight excluding hydrogens is 202 g/mol. The van der Waals surface area contributed by atoms with Gasteiger partial charge in [0.15, 0.2) is 0 Å². The van der Waals surface area contributed by atoms with E-state index in [-0.39, 0.29) is 23.2 Å². The quantitative estimate of drug-likeness (QED) is 0.764. The number of methoxy groups -OCH3 is 1. The summed E-state index contributed by atoms with van der Waals surface area (Å²) in [6.07, 6.45) is 0.961. The Bertz CT molecular complexity index is 195. The van der Waals surface area contributed by atoms with Crippen molar-refractivity contribution in [2.45, 2.75) is 65.7 Å². The van der Waals surface area contributed by atoms with E-state index in [0.29, 0.717) is 6.61 Å². The molecule has 0 aliphatic heterocycles. The van der Waals surface area contributed by atoms with Crippen LogP contribution in [0.3, 0.4) is 0 Å². The van der Waals surface area contributed by atoms with Gasteiger partial charge in [0.25, 0.3) is 0 Å². The number of hydrogen-bond acceptors (Lipinski definition) is 3. The topological polar surface area (TPSA) is 44.5 Å². The monoisotopic (exact) mass is 231 g/mol. The van der Waals surface area contributed by atoms with Crippen molar-refractivity contribution in [3.63, 3.8) is 0 Å². The molecule has 2 N–H and O–H groups in total. The predicted octanol–water partition coefficient (Wildman–Crippen LogP) is 2.58. The van der Waals surface area contributed by atoms with E-state index in [9.17, 15) is 0 Å². The third kappa shape index (κ3) is 5.83. The van der Waals surface area contributed by atoms with Gasteiger partial charge < -0.3 is 15.2 Å². The van der Waals surface area contributed by atoms with Crippen molar-refractivity contribution in [3.05, 3.63) is 0 Å². The molecule has 3 nitrogen and oxygen atoms in total. The van der Waals surface area contributed by atoms with E-state index in [1.54, 1.807) is 7.11 Å². The van der Waals surface area contributed by atoms with Crippen LogP contribution in [-0.2, 0) is 9.47 Å². The molecule has 0 aromatic heterocycles. The van der Waals surface area contributed by atoms with Crippen LogP contribution in [0, 0.1) is 5.41 Å². The van der Waals surface area contributed by atoms with E-state index in [0.717, 1.165) is 6.42 Å². The van der Waals surface area contributed by atoms with Gasteiger partial charge in [0.05, 0.1) is 11.7 Å². The molecule has 0 rings (SSSR count). The van der Waals surface area contributed by atoms with Gasteiger partial charge in [-0.15, -0.1) is 0 Å². The van der Waals surface area contributed by atoms with Gasteiger partial charge in [-0.25, -0.2) is 0 Å². The zero-order chi connectivity index (χ0) is 13.0. The van der Waals surface area contributed by atoms with Crippen LogP contribution in [-0.4, -0.2) is 31.5 Å². The molecule has 2 unspecified atom stereocenters. The zero-order valence-corrected chi connectivity index (χ0v) is 12.0. The molecule has 0 heterocycles. The zero-order valence-electron chi connectivity index (χ0n) is 12.0. The molecule has 0 amide bonds. The number of nitrogens with two attached hydrogens (primary N) is 1. The lowest BCUT2D eigenvalue weighted by Gasteiger charge is -2.34. The van der Waals surface area contributed by atoms with Crippen LogP contribution < -0.4 is 5.73 Å². The Morgan fingerprint density at radius 1 is 1.12 bits per heavy atom. The van der Waals surface area contributed by atoms with Crippen molar-refractivity contribution >= 4 is 0 Å². The molecule has 0 aliphatic rings. The van der Waals surface area contributed by atoms with Gasteiger partial charge in [0, 0.05) is 19.8 Å². The van der Waals surface area contributed by atoms with Gasteiger partial charge in [-0.3, -0.25) is 0 Å². The van der Waals surface area contributed by atoms with Gasteiger partial charge >= 0.3 is 0 Å². The molecule has 0 spiro atoms. The molecule has 0 fully saturated rings. The molecule has 0 saturated carbocycles. The molecule has 0 bridgehead atoms. The Morgan fingerprint density at radius 2 is 1.62 bits per heavy atom. The average molecular weight is 231 g/mol. The minimum Gasteiger partial charge on any atom is -0.379 e. The molecular formula is C13H29NO2. The highest BCUT2D eigenvalue weighted by Crippen LogP contribution is 2.25. The average Bonchev–Trinajstić information content (AvgIpc) is 2.09. The van der Waals surface area contributed by atoms with Crippen molar-refractivity contribution < 1.29 is 9.47 Å². The first-order chi connectivity index (χ1) is 7.10. The third-order valence-electron chi connectivity index (χ3n) is 2.89. The second-order valence-corrected chi connectivity index (χ2v) is 6.23. The first-order valence-electron chi connectivity index (χ1n) is 6.02. The molecule has 3 heteroatoms. The Hall–Kier alpha value is -0.120. The maximum absolute atomic E-state index is 5.95. The normalized spacial score (nSPS) is 17.2. The van der Waals surface area contributed by atoms with Crippen LogP contribution in [0.25, 0.3) is 0 Å². The largest absolute Gasteiger partial charge is 0.379 e. The summed E-state index contributed by atoms with van der Waals surface area (Å²) in [5.74, 6) is 0. The van der Waals surface area contributed by atoms with E-state index in [2.05, 4.69) is 34.6 Å². The van der Waals surface area contributed by atoms with Gasteiger partial charge in [0.1, 0.15) is 0 Å². The second kappa shape index (κ2) is 5.99. The van der Waals surface area contributed by atoms with E-state index in [4.69, 9.17) is 15.2 Å². The van der Waals surface area contributed by atoms with Crippen molar-refractivity contribution in [2.75, 3.05) is 13.7 Å². The summed E-state index contributed by atoms with van der Waals surface area (Å²) in [6, 6.07) is 0.0469. The molecule has 0 radical (unpaired) electrons. The Morgan fingerprint density at radius 3 is 1.94 bits per heavy atom. The Kier molecular flexibility index (Phi) is 5.94. The van der Waals surface area contributed by atoms with Gasteiger partial charge in [0.2, 0.25) is 0 Å². The van der Waals surface area contributed by atoms with Crippen LogP contribution in [0.15, 0.2) is 0 Å². The molecule has 0 aromatic rings. The Labute approximate surface area is 101 Å². The van der Waals surface area contributed by atoms with E-state index in [1.165, 1.54) is 0 Å². The highest BCUT2D eigenvalue weighted by atomic mass is 16.5. The third-order valence-corrected chi connectivity index (χ3v) is 2.89. The maximum Gasteiger partial charge on any atom is 0.0771 e. The van der Waals surface area contributed by atoms with Crippen molar-refractivity contribution in [2.24, 2.45) is 11.1 Å². The lowest BCUT2D eigenvalue weighted by Crippen LogP contribution is -2.44. The van der Waals surface area contributed by atoms with Gasteiger partial charge in [-0.05, 0) is 32.6 Å². The first kappa shape index (κ1) is 15.9. The summed E-state index contributed by atoms with van der Waals surface area (Å²) >= 11 is 0. The van der Waals surface area contributed by atoms with Gasteiger partial charge in [-0.2, -0.15) is 0 Å². The minimum atomic E-state index is -0.125. The molecule has 98 valence electrons. The summed E-state index contributed by atoms with van der Waals surface area (Å²) < 4.78 is 11.3. The highest BCUT2D eigenvalue weighted by Gasteiger charge is 2.29. The molecule has 0 aliphatic carbocycles. The van der Waals surface area contributed by atoms with E-state index >= 15 is 0 Å². The van der Waals surface area contributed by atoms with Crippen LogP contribution in [0.4, 0.5) is 0 Å². The van der Waals surface area contributed by atoms with Crippen molar-refractivity contribution in [1.29, 1.82) is 0 Å². The molecule has 16 heavy (non-hydrogen) atoms. The SMILES string of the molecule is COC(C)(C)CCOC(C(C)N)C(C)(C)C. The van der Waals surface area contributed by atoms with Crippen LogP contribution >= 0.6 is 0 Å². The van der Waals surface area contributed by atoms with Crippen LogP contribution in [0.1, 0.15) is 48.0 Å². The molecule has 2 atom stereocenters. The summed E-state index contributed by atoms with van der Waals surface area (Å²) in [7, 11) is 1.73.